The summed E-state index contributed by atoms with van der Waals surface area (Å²) in [6, 6.07) is 15.9. The highest BCUT2D eigenvalue weighted by Gasteiger charge is 2.16. The lowest BCUT2D eigenvalue weighted by molar-refractivity contribution is -0.130. The number of rotatable bonds is 7. The van der Waals surface area contributed by atoms with Gasteiger partial charge >= 0.3 is 5.63 Å². The van der Waals surface area contributed by atoms with Gasteiger partial charge in [0.05, 0.1) is 12.7 Å². The van der Waals surface area contributed by atoms with Crippen LogP contribution in [0.1, 0.15) is 34.2 Å². The summed E-state index contributed by atoms with van der Waals surface area (Å²) in [6.45, 7) is 5.04. The second-order valence-corrected chi connectivity index (χ2v) is 8.27. The fraction of sp³-hybridized carbons (Fsp3) is 0.269. The molecule has 0 unspecified atom stereocenters. The Bertz CT molecular complexity index is 1310. The Balaban J connectivity index is 1.38. The normalized spacial score (nSPS) is 11.1. The highest BCUT2D eigenvalue weighted by molar-refractivity contribution is 5.82. The predicted molar refractivity (Wildman–Crippen MR) is 125 cm³/mol. The van der Waals surface area contributed by atoms with Gasteiger partial charge in [0.15, 0.2) is 0 Å². The lowest BCUT2D eigenvalue weighted by Gasteiger charge is -2.16. The van der Waals surface area contributed by atoms with Crippen LogP contribution in [-0.4, -0.2) is 27.6 Å². The van der Waals surface area contributed by atoms with Gasteiger partial charge in [-0.05, 0) is 43.0 Å². The molecule has 4 rings (SSSR count). The maximum absolute atomic E-state index is 12.7. The van der Waals surface area contributed by atoms with E-state index in [0.717, 1.165) is 22.1 Å². The van der Waals surface area contributed by atoms with Crippen LogP contribution in [0.25, 0.3) is 11.0 Å². The average molecular weight is 430 g/mol. The highest BCUT2D eigenvalue weighted by atomic mass is 16.4. The summed E-state index contributed by atoms with van der Waals surface area (Å²) in [4.78, 5) is 26.9. The monoisotopic (exact) mass is 429 g/mol. The number of nitrogens with zero attached hydrogens (tertiary/aromatic N) is 3. The molecule has 0 bridgehead atoms. The smallest absolute Gasteiger partial charge is 0.339 e. The van der Waals surface area contributed by atoms with Gasteiger partial charge in [-0.15, -0.1) is 0 Å². The van der Waals surface area contributed by atoms with Crippen LogP contribution in [0.5, 0.6) is 0 Å². The Labute approximate surface area is 187 Å². The van der Waals surface area contributed by atoms with Gasteiger partial charge in [-0.2, -0.15) is 5.10 Å². The third-order valence-corrected chi connectivity index (χ3v) is 5.75. The van der Waals surface area contributed by atoms with Crippen molar-refractivity contribution in [1.29, 1.82) is 0 Å². The quantitative estimate of drug-likeness (QED) is 0.412. The fourth-order valence-corrected chi connectivity index (χ4v) is 3.92. The molecule has 0 radical (unpaired) electrons. The molecule has 0 N–H and O–H groups in total. The van der Waals surface area contributed by atoms with E-state index in [9.17, 15) is 9.59 Å². The zero-order valence-electron chi connectivity index (χ0n) is 18.7. The van der Waals surface area contributed by atoms with Gasteiger partial charge in [-0.1, -0.05) is 42.5 Å². The Morgan fingerprint density at radius 2 is 1.88 bits per heavy atom. The molecule has 164 valence electrons. The summed E-state index contributed by atoms with van der Waals surface area (Å²) >= 11 is 0. The number of hydrogen-bond donors (Lipinski definition) is 0. The maximum Gasteiger partial charge on any atom is 0.339 e. The van der Waals surface area contributed by atoms with Crippen molar-refractivity contribution in [2.45, 2.75) is 39.8 Å². The van der Waals surface area contributed by atoms with Crippen molar-refractivity contribution < 1.29 is 9.21 Å². The standard InChI is InChI=1S/C26H27N3O3/c1-18-9-10-22-19(2)23(26(31)32-24(22)13-18)11-12-25(30)28(3)15-21-14-27-29(17-21)16-20-7-5-4-6-8-20/h4-10,13-14,17H,11-12,15-16H2,1-3H3. The van der Waals surface area contributed by atoms with Crippen LogP contribution in [0.2, 0.25) is 0 Å². The van der Waals surface area contributed by atoms with Crippen LogP contribution in [0, 0.1) is 13.8 Å². The summed E-state index contributed by atoms with van der Waals surface area (Å²) in [5.41, 5.74) is 4.86. The minimum absolute atomic E-state index is 0.0244. The van der Waals surface area contributed by atoms with Crippen molar-refractivity contribution in [2.24, 2.45) is 0 Å². The molecule has 1 amide bonds. The molecule has 4 aromatic rings. The first-order valence-corrected chi connectivity index (χ1v) is 10.7. The molecule has 6 heteroatoms. The Hall–Kier alpha value is -3.67. The van der Waals surface area contributed by atoms with Gasteiger partial charge in [0, 0.05) is 42.7 Å². The van der Waals surface area contributed by atoms with E-state index in [1.54, 1.807) is 18.1 Å². The molecule has 0 saturated carbocycles. The van der Waals surface area contributed by atoms with Gasteiger partial charge in [-0.3, -0.25) is 9.48 Å². The van der Waals surface area contributed by atoms with Crippen LogP contribution in [0.15, 0.2) is 70.1 Å². The van der Waals surface area contributed by atoms with E-state index in [1.165, 1.54) is 5.56 Å². The van der Waals surface area contributed by atoms with Crippen LogP contribution >= 0.6 is 0 Å². The van der Waals surface area contributed by atoms with Crippen molar-refractivity contribution in [3.63, 3.8) is 0 Å². The molecule has 32 heavy (non-hydrogen) atoms. The first kappa shape index (κ1) is 21.6. The molecule has 0 aliphatic rings. The van der Waals surface area contributed by atoms with Gasteiger partial charge in [0.25, 0.3) is 0 Å². The van der Waals surface area contributed by atoms with Crippen LogP contribution in [0.4, 0.5) is 0 Å². The molecule has 0 aliphatic carbocycles. The molecule has 2 aromatic carbocycles. The topological polar surface area (TPSA) is 68.3 Å². The maximum atomic E-state index is 12.7. The van der Waals surface area contributed by atoms with Gasteiger partial charge in [0.1, 0.15) is 5.58 Å². The van der Waals surface area contributed by atoms with E-state index in [0.29, 0.717) is 30.7 Å². The number of benzene rings is 2. The number of fused-ring (bicyclic) bond motifs is 1. The third-order valence-electron chi connectivity index (χ3n) is 5.75. The van der Waals surface area contributed by atoms with Gasteiger partial charge in [0.2, 0.25) is 5.91 Å². The number of carbonyl (C=O) groups is 1. The molecule has 0 spiro atoms. The number of amides is 1. The fourth-order valence-electron chi connectivity index (χ4n) is 3.92. The number of carbonyl (C=O) groups excluding carboxylic acids is 1. The van der Waals surface area contributed by atoms with Gasteiger partial charge < -0.3 is 9.32 Å². The van der Waals surface area contributed by atoms with Crippen molar-refractivity contribution in [3.8, 4) is 0 Å². The number of aromatic nitrogens is 2. The summed E-state index contributed by atoms with van der Waals surface area (Å²) < 4.78 is 7.37. The van der Waals surface area contributed by atoms with Crippen LogP contribution in [-0.2, 0) is 24.3 Å². The molecule has 2 heterocycles. The Morgan fingerprint density at radius 1 is 1.09 bits per heavy atom. The SMILES string of the molecule is Cc1ccc2c(C)c(CCC(=O)N(C)Cc3cnn(Cc4ccccc4)c3)c(=O)oc2c1. The van der Waals surface area contributed by atoms with E-state index in [2.05, 4.69) is 17.2 Å². The second-order valence-electron chi connectivity index (χ2n) is 8.27. The first-order chi connectivity index (χ1) is 15.4. The van der Waals surface area contributed by atoms with Crippen molar-refractivity contribution in [2.75, 3.05) is 7.05 Å². The van der Waals surface area contributed by atoms with E-state index < -0.39 is 0 Å². The molecule has 0 saturated heterocycles. The molecule has 0 fully saturated rings. The Morgan fingerprint density at radius 3 is 2.66 bits per heavy atom. The van der Waals surface area contributed by atoms with E-state index in [1.807, 2.05) is 61.1 Å². The zero-order valence-corrected chi connectivity index (χ0v) is 18.7. The Kier molecular flexibility index (Phi) is 6.21. The summed E-state index contributed by atoms with van der Waals surface area (Å²) in [5, 5.41) is 5.31. The molecular formula is C26H27N3O3. The average Bonchev–Trinajstić information content (AvgIpc) is 3.20. The van der Waals surface area contributed by atoms with Crippen LogP contribution in [0.3, 0.4) is 0 Å². The molecule has 6 nitrogen and oxygen atoms in total. The summed E-state index contributed by atoms with van der Waals surface area (Å²) in [7, 11) is 1.77. The summed E-state index contributed by atoms with van der Waals surface area (Å²) in [6.07, 6.45) is 4.35. The number of aryl methyl sites for hydroxylation is 2. The highest BCUT2D eigenvalue weighted by Crippen LogP contribution is 2.21. The van der Waals surface area contributed by atoms with Gasteiger partial charge in [-0.25, -0.2) is 4.79 Å². The third kappa shape index (κ3) is 4.80. The van der Waals surface area contributed by atoms with Crippen molar-refractivity contribution in [1.82, 2.24) is 14.7 Å². The van der Waals surface area contributed by atoms with E-state index in [-0.39, 0.29) is 18.0 Å². The second kappa shape index (κ2) is 9.22. The first-order valence-electron chi connectivity index (χ1n) is 10.7. The minimum atomic E-state index is -0.363. The van der Waals surface area contributed by atoms with Crippen molar-refractivity contribution >= 4 is 16.9 Å². The number of hydrogen-bond acceptors (Lipinski definition) is 4. The zero-order chi connectivity index (χ0) is 22.7. The predicted octanol–water partition coefficient (Wildman–Crippen LogP) is 4.25. The van der Waals surface area contributed by atoms with Crippen LogP contribution < -0.4 is 5.63 Å². The molecule has 0 atom stereocenters. The molecule has 0 aliphatic heterocycles. The van der Waals surface area contributed by atoms with E-state index >= 15 is 0 Å². The van der Waals surface area contributed by atoms with E-state index in [4.69, 9.17) is 4.42 Å². The molecular weight excluding hydrogens is 402 g/mol. The molecule has 2 aromatic heterocycles. The van der Waals surface area contributed by atoms with Crippen molar-refractivity contribution in [3.05, 3.63) is 99.2 Å². The minimum Gasteiger partial charge on any atom is -0.423 e. The largest absolute Gasteiger partial charge is 0.423 e. The lowest BCUT2D eigenvalue weighted by Crippen LogP contribution is -2.27. The summed E-state index contributed by atoms with van der Waals surface area (Å²) in [5.74, 6) is -0.0244. The lowest BCUT2D eigenvalue weighted by atomic mass is 10.0.